The summed E-state index contributed by atoms with van der Waals surface area (Å²) < 4.78 is 38.9. The summed E-state index contributed by atoms with van der Waals surface area (Å²) in [7, 11) is -3.30. The molecule has 1 aliphatic heterocycles. The van der Waals surface area contributed by atoms with Crippen LogP contribution in [0.4, 0.5) is 4.39 Å². The maximum atomic E-state index is 14.4. The molecule has 0 unspecified atom stereocenters. The lowest BCUT2D eigenvalue weighted by atomic mass is 9.67. The van der Waals surface area contributed by atoms with Gasteiger partial charge in [-0.25, -0.2) is 12.8 Å². The summed E-state index contributed by atoms with van der Waals surface area (Å²) in [5.74, 6) is -2.70. The van der Waals surface area contributed by atoms with Gasteiger partial charge in [-0.3, -0.25) is 9.59 Å². The third kappa shape index (κ3) is 6.39. The van der Waals surface area contributed by atoms with Gasteiger partial charge in [0.25, 0.3) is 0 Å². The third-order valence-electron chi connectivity index (χ3n) is 6.93. The number of amides is 1. The van der Waals surface area contributed by atoms with Gasteiger partial charge in [0.05, 0.1) is 23.6 Å². The van der Waals surface area contributed by atoms with Crippen molar-refractivity contribution < 1.29 is 27.5 Å². The van der Waals surface area contributed by atoms with Gasteiger partial charge in [0.15, 0.2) is 0 Å². The molecule has 0 spiro atoms. The zero-order chi connectivity index (χ0) is 26.8. The second-order valence-electron chi connectivity index (χ2n) is 9.73. The Morgan fingerprint density at radius 1 is 1.17 bits per heavy atom. The molecule has 0 aliphatic carbocycles. The van der Waals surface area contributed by atoms with Crippen LogP contribution in [0.5, 0.6) is 0 Å². The average Bonchev–Trinajstić information content (AvgIpc) is 2.78. The van der Waals surface area contributed by atoms with Crippen LogP contribution in [0.15, 0.2) is 42.5 Å². The van der Waals surface area contributed by atoms with Gasteiger partial charge in [0, 0.05) is 27.8 Å². The van der Waals surface area contributed by atoms with E-state index < -0.39 is 51.5 Å². The highest BCUT2D eigenvalue weighted by Crippen LogP contribution is 2.52. The lowest BCUT2D eigenvalue weighted by Gasteiger charge is -2.51. The van der Waals surface area contributed by atoms with Crippen LogP contribution in [-0.4, -0.2) is 47.8 Å². The Kier molecular flexibility index (Phi) is 8.74. The molecular weight excluding hydrogens is 528 g/mol. The number of rotatable bonds is 9. The predicted octanol–water partition coefficient (Wildman–Crippen LogP) is 5.88. The summed E-state index contributed by atoms with van der Waals surface area (Å²) in [4.78, 5) is 27.3. The average molecular weight is 558 g/mol. The highest BCUT2D eigenvalue weighted by molar-refractivity contribution is 7.91. The van der Waals surface area contributed by atoms with E-state index in [1.165, 1.54) is 12.1 Å². The highest BCUT2D eigenvalue weighted by Gasteiger charge is 2.52. The van der Waals surface area contributed by atoms with Crippen molar-refractivity contribution in [1.29, 1.82) is 0 Å². The van der Waals surface area contributed by atoms with Crippen molar-refractivity contribution in [3.63, 3.8) is 0 Å². The minimum atomic E-state index is -3.30. The highest BCUT2D eigenvalue weighted by atomic mass is 35.5. The van der Waals surface area contributed by atoms with Crippen LogP contribution in [0.25, 0.3) is 0 Å². The summed E-state index contributed by atoms with van der Waals surface area (Å²) in [6, 6.07) is 9.92. The lowest BCUT2D eigenvalue weighted by molar-refractivity contribution is -0.160. The molecule has 0 aromatic heterocycles. The predicted molar refractivity (Wildman–Crippen MR) is 139 cm³/mol. The van der Waals surface area contributed by atoms with Crippen LogP contribution in [0.2, 0.25) is 10.0 Å². The van der Waals surface area contributed by atoms with Crippen LogP contribution in [0.1, 0.15) is 63.1 Å². The molecule has 1 N–H and O–H groups in total. The number of nitrogens with zero attached hydrogens (tertiary/aromatic N) is 1. The molecular formula is C26H30Cl2FNO5S. The molecule has 1 aliphatic rings. The number of benzene rings is 2. The van der Waals surface area contributed by atoms with Crippen LogP contribution < -0.4 is 0 Å². The zero-order valence-electron chi connectivity index (χ0n) is 20.4. The van der Waals surface area contributed by atoms with E-state index >= 15 is 0 Å². The van der Waals surface area contributed by atoms with E-state index in [4.69, 9.17) is 23.2 Å². The second-order valence-corrected chi connectivity index (χ2v) is 13.1. The Labute approximate surface area is 221 Å². The van der Waals surface area contributed by atoms with Crippen molar-refractivity contribution in [3.8, 4) is 0 Å². The molecule has 1 heterocycles. The monoisotopic (exact) mass is 557 g/mol. The fourth-order valence-corrected chi connectivity index (χ4v) is 6.39. The van der Waals surface area contributed by atoms with Crippen LogP contribution in [-0.2, 0) is 19.4 Å². The number of halogens is 3. The molecule has 2 aromatic carbocycles. The maximum Gasteiger partial charge on any atom is 0.304 e. The van der Waals surface area contributed by atoms with Gasteiger partial charge >= 0.3 is 5.97 Å². The summed E-state index contributed by atoms with van der Waals surface area (Å²) in [6.07, 6.45) is -0.108. The molecule has 196 valence electrons. The van der Waals surface area contributed by atoms with Gasteiger partial charge in [0.2, 0.25) is 5.91 Å². The van der Waals surface area contributed by atoms with E-state index in [1.807, 2.05) is 0 Å². The van der Waals surface area contributed by atoms with Gasteiger partial charge in [0.1, 0.15) is 15.7 Å². The Morgan fingerprint density at radius 3 is 2.36 bits per heavy atom. The number of aliphatic carboxylic acids is 1. The molecule has 3 rings (SSSR count). The molecule has 0 bridgehead atoms. The molecule has 4 atom stereocenters. The van der Waals surface area contributed by atoms with Gasteiger partial charge in [-0.05, 0) is 61.2 Å². The van der Waals surface area contributed by atoms with Crippen LogP contribution in [0, 0.1) is 11.2 Å². The Morgan fingerprint density at radius 2 is 1.81 bits per heavy atom. The molecule has 1 fully saturated rings. The maximum absolute atomic E-state index is 14.4. The van der Waals surface area contributed by atoms with Gasteiger partial charge in [-0.2, -0.15) is 0 Å². The fraction of sp³-hybridized carbons (Fsp3) is 0.462. The van der Waals surface area contributed by atoms with E-state index in [0.29, 0.717) is 10.6 Å². The summed E-state index contributed by atoms with van der Waals surface area (Å²) in [5, 5.41) is 10.3. The quantitative estimate of drug-likeness (QED) is 0.415. The molecule has 0 radical (unpaired) electrons. The third-order valence-corrected chi connectivity index (χ3v) is 9.14. The topological polar surface area (TPSA) is 91.8 Å². The number of hydrogen-bond donors (Lipinski definition) is 1. The number of likely N-dealkylation sites (tertiary alicyclic amines) is 1. The Bertz CT molecular complexity index is 1220. The molecule has 10 heteroatoms. The summed E-state index contributed by atoms with van der Waals surface area (Å²) in [6.45, 7) is 4.92. The normalized spacial score (nSPS) is 23.5. The smallest absolute Gasteiger partial charge is 0.304 e. The first-order valence-electron chi connectivity index (χ1n) is 11.7. The lowest BCUT2D eigenvalue weighted by Crippen LogP contribution is -2.55. The first-order valence-corrected chi connectivity index (χ1v) is 14.3. The Balaban J connectivity index is 2.20. The summed E-state index contributed by atoms with van der Waals surface area (Å²) >= 11 is 12.3. The zero-order valence-corrected chi connectivity index (χ0v) is 22.7. The van der Waals surface area contributed by atoms with Gasteiger partial charge in [-0.1, -0.05) is 49.2 Å². The van der Waals surface area contributed by atoms with Crippen molar-refractivity contribution in [2.24, 2.45) is 5.41 Å². The van der Waals surface area contributed by atoms with Crippen molar-refractivity contribution in [3.05, 3.63) is 69.5 Å². The minimum absolute atomic E-state index is 0.0184. The van der Waals surface area contributed by atoms with Gasteiger partial charge in [-0.15, -0.1) is 0 Å². The van der Waals surface area contributed by atoms with E-state index in [2.05, 4.69) is 0 Å². The van der Waals surface area contributed by atoms with Crippen LogP contribution >= 0.6 is 23.2 Å². The van der Waals surface area contributed by atoms with Crippen molar-refractivity contribution in [2.75, 3.05) is 11.5 Å². The minimum Gasteiger partial charge on any atom is -0.481 e. The van der Waals surface area contributed by atoms with E-state index in [1.54, 1.807) is 56.0 Å². The SMILES string of the molecule is CCS(=O)(=O)CC[C@H](C)N1C(=O)[C@@](C)(CC(=O)O)C[C@H](c2cc(F)cc(Cl)c2)[C@H]1c1ccc(Cl)cc1. The number of sulfone groups is 1. The number of carbonyl (C=O) groups excluding carboxylic acids is 1. The molecule has 6 nitrogen and oxygen atoms in total. The standard InChI is InChI=1S/C26H30Cl2FNO5S/c1-4-36(34,35)10-9-16(2)30-24(17-5-7-19(27)8-6-17)22(18-11-20(28)13-21(29)12-18)14-26(3,25(30)33)15-23(31)32/h5-8,11-13,16,22,24H,4,9-10,14-15H2,1-3H3,(H,31,32)/t16-,22+,24+,26+/m0/s1. The van der Waals surface area contributed by atoms with Crippen molar-refractivity contribution in [1.82, 2.24) is 4.90 Å². The number of hydrogen-bond acceptors (Lipinski definition) is 4. The van der Waals surface area contributed by atoms with E-state index in [9.17, 15) is 27.5 Å². The van der Waals surface area contributed by atoms with Gasteiger partial charge < -0.3 is 10.0 Å². The van der Waals surface area contributed by atoms with Crippen molar-refractivity contribution >= 4 is 44.9 Å². The largest absolute Gasteiger partial charge is 0.481 e. The van der Waals surface area contributed by atoms with E-state index in [0.717, 1.165) is 5.56 Å². The number of carboxylic acids is 1. The number of carboxylic acid groups (broad SMARTS) is 1. The fourth-order valence-electron chi connectivity index (χ4n) is 5.05. The van der Waals surface area contributed by atoms with Crippen LogP contribution in [0.3, 0.4) is 0 Å². The molecule has 1 saturated heterocycles. The van der Waals surface area contributed by atoms with E-state index in [-0.39, 0.29) is 35.3 Å². The first kappa shape index (κ1) is 28.4. The molecule has 2 aromatic rings. The van der Waals surface area contributed by atoms with Crippen molar-refractivity contribution in [2.45, 2.75) is 58.0 Å². The number of piperidine rings is 1. The molecule has 0 saturated carbocycles. The first-order chi connectivity index (χ1) is 16.8. The Hall–Kier alpha value is -2.16. The molecule has 1 amide bonds. The number of carbonyl (C=O) groups is 2. The summed E-state index contributed by atoms with van der Waals surface area (Å²) in [5.41, 5.74) is -0.0426. The molecule has 36 heavy (non-hydrogen) atoms. The second kappa shape index (κ2) is 11.1.